The molecule has 2 aromatic heterocycles. The molecule has 0 amide bonds. The summed E-state index contributed by atoms with van der Waals surface area (Å²) in [6.45, 7) is 13.3. The smallest absolute Gasteiger partial charge is 0.493 e. The van der Waals surface area contributed by atoms with Crippen LogP contribution in [0.1, 0.15) is 47.1 Å². The zero-order valence-electron chi connectivity index (χ0n) is 36.5. The van der Waals surface area contributed by atoms with Crippen LogP contribution in [0.4, 0.5) is 26.3 Å². The summed E-state index contributed by atoms with van der Waals surface area (Å²) in [5.41, 5.74) is -0.498. The first-order valence-electron chi connectivity index (χ1n) is 19.6. The number of halogens is 6. The van der Waals surface area contributed by atoms with Gasteiger partial charge in [-0.25, -0.2) is 9.97 Å². The molecule has 0 radical (unpaired) electrons. The Labute approximate surface area is 379 Å². The molecule has 0 aliphatic carbocycles. The van der Waals surface area contributed by atoms with Gasteiger partial charge in [0.25, 0.3) is 11.1 Å². The third-order valence-electron chi connectivity index (χ3n) is 8.46. The summed E-state index contributed by atoms with van der Waals surface area (Å²) in [6.07, 6.45) is -3.20. The number of aromatic nitrogens is 4. The van der Waals surface area contributed by atoms with Gasteiger partial charge in [0.2, 0.25) is 0 Å². The maximum atomic E-state index is 13.0. The minimum absolute atomic E-state index is 0.0316. The van der Waals surface area contributed by atoms with Crippen LogP contribution in [-0.4, -0.2) is 52.9 Å². The van der Waals surface area contributed by atoms with E-state index in [1.54, 1.807) is 36.4 Å². The average molecular weight is 945 g/mol. The molecule has 346 valence electrons. The Morgan fingerprint density at radius 2 is 0.954 bits per heavy atom. The molecule has 0 fully saturated rings. The number of hydrogen-bond acceptors (Lipinski definition) is 11. The van der Waals surface area contributed by atoms with Crippen molar-refractivity contribution in [2.45, 2.75) is 73.9 Å². The minimum atomic E-state index is -4.77. The van der Waals surface area contributed by atoms with Crippen molar-refractivity contribution in [1.82, 2.24) is 19.1 Å². The van der Waals surface area contributed by atoms with Crippen molar-refractivity contribution in [2.24, 2.45) is 10.8 Å². The van der Waals surface area contributed by atoms with Crippen molar-refractivity contribution < 1.29 is 50.0 Å². The Morgan fingerprint density at radius 1 is 0.554 bits per heavy atom. The van der Waals surface area contributed by atoms with Gasteiger partial charge in [0.1, 0.15) is 5.75 Å². The molecule has 0 aliphatic heterocycles. The van der Waals surface area contributed by atoms with Crippen LogP contribution in [0, 0.1) is 10.8 Å². The molecule has 0 saturated heterocycles. The maximum Gasteiger partial charge on any atom is 0.573 e. The predicted octanol–water partition coefficient (Wildman–Crippen LogP) is 11.6. The number of methoxy groups -OCH3 is 2. The van der Waals surface area contributed by atoms with Crippen molar-refractivity contribution in [3.63, 3.8) is 0 Å². The monoisotopic (exact) mass is 944 g/mol. The second-order valence-corrected chi connectivity index (χ2v) is 18.6. The molecule has 6 aromatic rings. The van der Waals surface area contributed by atoms with Crippen molar-refractivity contribution in [1.29, 1.82) is 0 Å². The van der Waals surface area contributed by atoms with Gasteiger partial charge in [-0.05, 0) is 83.6 Å². The van der Waals surface area contributed by atoms with Crippen LogP contribution in [0.5, 0.6) is 28.7 Å². The van der Waals surface area contributed by atoms with Crippen molar-refractivity contribution in [2.75, 3.05) is 27.4 Å². The second kappa shape index (κ2) is 20.8. The van der Waals surface area contributed by atoms with Crippen molar-refractivity contribution >= 4 is 23.5 Å². The molecule has 0 spiro atoms. The van der Waals surface area contributed by atoms with Crippen LogP contribution >= 0.6 is 23.5 Å². The Hall–Kier alpha value is -6.08. The molecular weight excluding hydrogens is 899 g/mol. The van der Waals surface area contributed by atoms with Gasteiger partial charge >= 0.3 is 12.5 Å². The van der Waals surface area contributed by atoms with E-state index in [4.69, 9.17) is 18.9 Å². The molecule has 11 nitrogen and oxygen atoms in total. The van der Waals surface area contributed by atoms with Gasteiger partial charge in [0, 0.05) is 46.7 Å². The predicted molar refractivity (Wildman–Crippen MR) is 235 cm³/mol. The Kier molecular flexibility index (Phi) is 16.0. The average Bonchev–Trinajstić information content (AvgIpc) is 3.23. The summed E-state index contributed by atoms with van der Waals surface area (Å²) < 4.78 is 104. The first kappa shape index (κ1) is 49.9. The largest absolute Gasteiger partial charge is 0.573 e. The van der Waals surface area contributed by atoms with Crippen molar-refractivity contribution in [3.05, 3.63) is 136 Å². The summed E-state index contributed by atoms with van der Waals surface area (Å²) in [5.74, 6) is 1.75. The van der Waals surface area contributed by atoms with E-state index in [9.17, 15) is 35.9 Å². The highest BCUT2D eigenvalue weighted by Gasteiger charge is 2.31. The number of benzene rings is 4. The summed E-state index contributed by atoms with van der Waals surface area (Å²) in [6, 6.07) is 20.1. The summed E-state index contributed by atoms with van der Waals surface area (Å²) in [7, 11) is 3.04. The fourth-order valence-electron chi connectivity index (χ4n) is 5.42. The van der Waals surface area contributed by atoms with Gasteiger partial charge in [-0.15, -0.1) is 13.2 Å². The van der Waals surface area contributed by atoms with E-state index in [-0.39, 0.29) is 32.2 Å². The van der Waals surface area contributed by atoms with E-state index in [2.05, 4.69) is 56.2 Å². The molecule has 0 atom stereocenters. The Balaban J connectivity index is 0.000000244. The Bertz CT molecular complexity index is 2660. The van der Waals surface area contributed by atoms with E-state index in [1.165, 1.54) is 84.5 Å². The number of hydrogen-bond donors (Lipinski definition) is 0. The minimum Gasteiger partial charge on any atom is -0.493 e. The van der Waals surface area contributed by atoms with Crippen LogP contribution in [-0.2, 0) is 6.18 Å². The standard InChI is InChI=1S/C23H23F3N2O4S.C23H23F3N2O3S/c1-22(2,3)14-31-18-10-5-15(13-19(18)30-4)28-12-11-27-20(21(28)29)33-17-8-6-16(7-9-17)32-23(24,25)26;1-22(2,3)14-31-18-10-7-16(13-19(18)30-4)28-12-11-27-20(21(28)29)32-17-8-5-15(6-9-17)23(24,25)26/h5-13H,14H2,1-4H3;5-13H,14H2,1-4H3. The molecule has 65 heavy (non-hydrogen) atoms. The first-order chi connectivity index (χ1) is 30.4. The SMILES string of the molecule is COc1cc(-n2ccnc(Sc3ccc(C(F)(F)F)cc3)c2=O)ccc1OCC(C)(C)C.COc1cc(-n2ccnc(Sc3ccc(OC(F)(F)F)cc3)c2=O)ccc1OCC(C)(C)C. The normalized spacial score (nSPS) is 11.9. The zero-order valence-corrected chi connectivity index (χ0v) is 38.2. The molecule has 0 N–H and O–H groups in total. The molecule has 6 rings (SSSR count). The second-order valence-electron chi connectivity index (χ2n) is 16.4. The fourth-order valence-corrected chi connectivity index (χ4v) is 7.01. The lowest BCUT2D eigenvalue weighted by Gasteiger charge is -2.20. The van der Waals surface area contributed by atoms with Crippen LogP contribution < -0.4 is 34.8 Å². The van der Waals surface area contributed by atoms with Gasteiger partial charge in [0.05, 0.1) is 44.4 Å². The van der Waals surface area contributed by atoms with Crippen LogP contribution in [0.2, 0.25) is 0 Å². The van der Waals surface area contributed by atoms with Gasteiger partial charge in [-0.2, -0.15) is 13.2 Å². The van der Waals surface area contributed by atoms with E-state index >= 15 is 0 Å². The summed E-state index contributed by atoms with van der Waals surface area (Å²) in [4.78, 5) is 35.2. The highest BCUT2D eigenvalue weighted by Crippen LogP contribution is 2.35. The lowest BCUT2D eigenvalue weighted by Crippen LogP contribution is -2.20. The van der Waals surface area contributed by atoms with E-state index in [0.29, 0.717) is 57.4 Å². The van der Waals surface area contributed by atoms with E-state index in [0.717, 1.165) is 35.7 Å². The van der Waals surface area contributed by atoms with Gasteiger partial charge in [-0.1, -0.05) is 65.1 Å². The van der Waals surface area contributed by atoms with E-state index in [1.807, 2.05) is 0 Å². The quantitative estimate of drug-likeness (QED) is 0.103. The maximum absolute atomic E-state index is 13.0. The molecule has 0 saturated carbocycles. The number of rotatable bonds is 13. The summed E-state index contributed by atoms with van der Waals surface area (Å²) >= 11 is 2.04. The zero-order chi connectivity index (χ0) is 47.7. The number of alkyl halides is 6. The summed E-state index contributed by atoms with van der Waals surface area (Å²) in [5, 5.41) is 0.299. The highest BCUT2D eigenvalue weighted by atomic mass is 32.2. The third-order valence-corrected chi connectivity index (χ3v) is 10.4. The third kappa shape index (κ3) is 14.7. The molecule has 0 aliphatic rings. The molecule has 2 heterocycles. The van der Waals surface area contributed by atoms with Crippen molar-refractivity contribution in [3.8, 4) is 40.1 Å². The Morgan fingerprint density at radius 3 is 1.31 bits per heavy atom. The van der Waals surface area contributed by atoms with Crippen LogP contribution in [0.25, 0.3) is 11.4 Å². The van der Waals surface area contributed by atoms with Crippen LogP contribution in [0.3, 0.4) is 0 Å². The van der Waals surface area contributed by atoms with E-state index < -0.39 is 23.7 Å². The van der Waals surface area contributed by atoms with Gasteiger partial charge < -0.3 is 23.7 Å². The molecule has 0 bridgehead atoms. The van der Waals surface area contributed by atoms with Gasteiger partial charge in [0.15, 0.2) is 33.0 Å². The fraction of sp³-hybridized carbons (Fsp3) is 0.304. The lowest BCUT2D eigenvalue weighted by molar-refractivity contribution is -0.274. The highest BCUT2D eigenvalue weighted by molar-refractivity contribution is 7.99. The molecule has 19 heteroatoms. The topological polar surface area (TPSA) is 116 Å². The molecule has 4 aromatic carbocycles. The molecular formula is C46H46F6N4O7S2. The lowest BCUT2D eigenvalue weighted by atomic mass is 9.99. The molecule has 0 unspecified atom stereocenters. The number of nitrogens with zero attached hydrogens (tertiary/aromatic N) is 4. The first-order valence-corrected chi connectivity index (χ1v) is 21.2. The number of ether oxygens (including phenoxy) is 5. The van der Waals surface area contributed by atoms with Gasteiger partial charge in [-0.3, -0.25) is 18.7 Å². The van der Waals surface area contributed by atoms with Crippen LogP contribution in [0.15, 0.2) is 139 Å².